The Bertz CT molecular complexity index is 176. The first-order chi connectivity index (χ1) is 4.88. The lowest BCUT2D eigenvalue weighted by Gasteiger charge is -2.23. The van der Waals surface area contributed by atoms with Crippen LogP contribution in [0.4, 0.5) is 0 Å². The van der Waals surface area contributed by atoms with E-state index in [2.05, 4.69) is 31.2 Å². The highest BCUT2D eigenvalue weighted by atomic mass is 14.3. The number of hydrogen-bond donors (Lipinski definition) is 0. The predicted molar refractivity (Wildman–Crippen MR) is 43.7 cm³/mol. The summed E-state index contributed by atoms with van der Waals surface area (Å²) >= 11 is 0. The van der Waals surface area contributed by atoms with Crippen LogP contribution in [0, 0.1) is 17.8 Å². The van der Waals surface area contributed by atoms with E-state index in [-0.39, 0.29) is 0 Å². The van der Waals surface area contributed by atoms with Gasteiger partial charge in [-0.05, 0) is 30.6 Å². The van der Waals surface area contributed by atoms with Crippen molar-refractivity contribution in [2.75, 3.05) is 0 Å². The summed E-state index contributed by atoms with van der Waals surface area (Å²) in [6.45, 7) is 2.33. The zero-order chi connectivity index (χ0) is 6.97. The minimum Gasteiger partial charge on any atom is -0.0879 e. The molecule has 10 heavy (non-hydrogen) atoms. The largest absolute Gasteiger partial charge is 0.0879 e. The van der Waals surface area contributed by atoms with Gasteiger partial charge in [0.1, 0.15) is 0 Å². The van der Waals surface area contributed by atoms with Gasteiger partial charge in [0.15, 0.2) is 0 Å². The van der Waals surface area contributed by atoms with Crippen molar-refractivity contribution >= 4 is 0 Å². The van der Waals surface area contributed by atoms with E-state index in [1.54, 1.807) is 0 Å². The molecule has 0 fully saturated rings. The van der Waals surface area contributed by atoms with Gasteiger partial charge >= 0.3 is 0 Å². The van der Waals surface area contributed by atoms with E-state index in [4.69, 9.17) is 0 Å². The molecule has 0 aromatic rings. The standard InChI is InChI=1S/C10H14/c1-8-6-7-9-4-2-3-5-10(8)9/h2,4,6-10H,3,5H2,1H3. The highest BCUT2D eigenvalue weighted by Gasteiger charge is 2.27. The zero-order valence-electron chi connectivity index (χ0n) is 6.46. The second-order valence-corrected chi connectivity index (χ2v) is 3.49. The number of allylic oxidation sites excluding steroid dienone is 4. The van der Waals surface area contributed by atoms with E-state index in [1.165, 1.54) is 12.8 Å². The molecule has 0 heteroatoms. The molecule has 3 atom stereocenters. The van der Waals surface area contributed by atoms with Crippen LogP contribution in [0.15, 0.2) is 24.3 Å². The molecule has 54 valence electrons. The van der Waals surface area contributed by atoms with Crippen LogP contribution in [0.25, 0.3) is 0 Å². The van der Waals surface area contributed by atoms with Crippen LogP contribution >= 0.6 is 0 Å². The Kier molecular flexibility index (Phi) is 1.40. The van der Waals surface area contributed by atoms with Gasteiger partial charge in [0, 0.05) is 0 Å². The van der Waals surface area contributed by atoms with Crippen LogP contribution in [-0.2, 0) is 0 Å². The average molecular weight is 134 g/mol. The Balaban J connectivity index is 2.18. The third kappa shape index (κ3) is 0.828. The van der Waals surface area contributed by atoms with Gasteiger partial charge in [-0.2, -0.15) is 0 Å². The maximum absolute atomic E-state index is 2.37. The van der Waals surface area contributed by atoms with Crippen LogP contribution in [0.1, 0.15) is 19.8 Å². The summed E-state index contributed by atoms with van der Waals surface area (Å²) in [5.41, 5.74) is 0. The van der Waals surface area contributed by atoms with Gasteiger partial charge in [0.05, 0.1) is 0 Å². The number of fused-ring (bicyclic) bond motifs is 1. The Morgan fingerprint density at radius 1 is 1.20 bits per heavy atom. The molecule has 3 unspecified atom stereocenters. The molecule has 0 heterocycles. The molecule has 0 N–H and O–H groups in total. The van der Waals surface area contributed by atoms with E-state index >= 15 is 0 Å². The van der Waals surface area contributed by atoms with Crippen LogP contribution < -0.4 is 0 Å². The fourth-order valence-electron chi connectivity index (χ4n) is 2.14. The summed E-state index contributed by atoms with van der Waals surface area (Å²) in [4.78, 5) is 0. The van der Waals surface area contributed by atoms with E-state index in [1.807, 2.05) is 0 Å². The van der Waals surface area contributed by atoms with E-state index in [0.29, 0.717) is 0 Å². The summed E-state index contributed by atoms with van der Waals surface area (Å²) in [5, 5.41) is 0. The van der Waals surface area contributed by atoms with Crippen molar-refractivity contribution in [1.29, 1.82) is 0 Å². The van der Waals surface area contributed by atoms with Gasteiger partial charge < -0.3 is 0 Å². The Morgan fingerprint density at radius 2 is 2.10 bits per heavy atom. The van der Waals surface area contributed by atoms with Crippen molar-refractivity contribution in [3.8, 4) is 0 Å². The monoisotopic (exact) mass is 134 g/mol. The van der Waals surface area contributed by atoms with Gasteiger partial charge in [0.25, 0.3) is 0 Å². The molecule has 0 aromatic carbocycles. The van der Waals surface area contributed by atoms with Crippen molar-refractivity contribution < 1.29 is 0 Å². The van der Waals surface area contributed by atoms with Crippen molar-refractivity contribution in [2.45, 2.75) is 19.8 Å². The molecular formula is C10H14. The van der Waals surface area contributed by atoms with Crippen molar-refractivity contribution in [3.05, 3.63) is 24.3 Å². The Hall–Kier alpha value is -0.520. The zero-order valence-corrected chi connectivity index (χ0v) is 6.46. The van der Waals surface area contributed by atoms with E-state index in [9.17, 15) is 0 Å². The third-order valence-corrected chi connectivity index (χ3v) is 2.83. The minimum absolute atomic E-state index is 0.781. The van der Waals surface area contributed by atoms with Crippen molar-refractivity contribution in [3.63, 3.8) is 0 Å². The predicted octanol–water partition coefficient (Wildman–Crippen LogP) is 2.77. The van der Waals surface area contributed by atoms with Gasteiger partial charge in [-0.1, -0.05) is 31.2 Å². The van der Waals surface area contributed by atoms with Crippen LogP contribution in [0.3, 0.4) is 0 Å². The molecule has 0 spiro atoms. The van der Waals surface area contributed by atoms with E-state index < -0.39 is 0 Å². The summed E-state index contributed by atoms with van der Waals surface area (Å²) in [5.74, 6) is 2.55. The number of rotatable bonds is 0. The number of hydrogen-bond acceptors (Lipinski definition) is 0. The molecule has 0 amide bonds. The first-order valence-corrected chi connectivity index (χ1v) is 4.23. The quantitative estimate of drug-likeness (QED) is 0.447. The fourth-order valence-corrected chi connectivity index (χ4v) is 2.14. The first kappa shape index (κ1) is 6.21. The first-order valence-electron chi connectivity index (χ1n) is 4.23. The molecule has 0 saturated carbocycles. The fraction of sp³-hybridized carbons (Fsp3) is 0.600. The smallest absolute Gasteiger partial charge is 0.00195 e. The highest BCUT2D eigenvalue weighted by molar-refractivity contribution is 5.15. The van der Waals surface area contributed by atoms with Crippen molar-refractivity contribution in [2.24, 2.45) is 17.8 Å². The van der Waals surface area contributed by atoms with E-state index in [0.717, 1.165) is 17.8 Å². The van der Waals surface area contributed by atoms with Crippen molar-refractivity contribution in [1.82, 2.24) is 0 Å². The molecule has 0 aliphatic heterocycles. The molecular weight excluding hydrogens is 120 g/mol. The van der Waals surface area contributed by atoms with Crippen LogP contribution in [0.2, 0.25) is 0 Å². The van der Waals surface area contributed by atoms with Gasteiger partial charge in [-0.3, -0.25) is 0 Å². The topological polar surface area (TPSA) is 0 Å². The summed E-state index contributed by atoms with van der Waals surface area (Å²) in [7, 11) is 0. The van der Waals surface area contributed by atoms with Gasteiger partial charge in [-0.25, -0.2) is 0 Å². The summed E-state index contributed by atoms with van der Waals surface area (Å²) in [6, 6.07) is 0. The second-order valence-electron chi connectivity index (χ2n) is 3.49. The lowest BCUT2D eigenvalue weighted by molar-refractivity contribution is 0.357. The normalized spacial score (nSPS) is 43.9. The maximum Gasteiger partial charge on any atom is -0.00195 e. The molecule has 2 aliphatic rings. The molecule has 0 saturated heterocycles. The van der Waals surface area contributed by atoms with Crippen LogP contribution in [-0.4, -0.2) is 0 Å². The van der Waals surface area contributed by atoms with Crippen LogP contribution in [0.5, 0.6) is 0 Å². The average Bonchev–Trinajstić information content (AvgIpc) is 2.34. The molecule has 0 radical (unpaired) electrons. The minimum atomic E-state index is 0.781. The maximum atomic E-state index is 2.37. The third-order valence-electron chi connectivity index (χ3n) is 2.83. The Morgan fingerprint density at radius 3 is 2.90 bits per heavy atom. The lowest BCUT2D eigenvalue weighted by atomic mass is 9.82. The van der Waals surface area contributed by atoms with Gasteiger partial charge in [-0.15, -0.1) is 0 Å². The molecule has 0 bridgehead atoms. The SMILES string of the molecule is CC1C=CC2C=CCCC12. The molecule has 2 rings (SSSR count). The lowest BCUT2D eigenvalue weighted by Crippen LogP contribution is -2.14. The second kappa shape index (κ2) is 2.26. The summed E-state index contributed by atoms with van der Waals surface area (Å²) in [6.07, 6.45) is 12.1. The van der Waals surface area contributed by atoms with Gasteiger partial charge in [0.2, 0.25) is 0 Å². The molecule has 0 aromatic heterocycles. The molecule has 2 aliphatic carbocycles. The highest BCUT2D eigenvalue weighted by Crippen LogP contribution is 2.37. The Labute approximate surface area is 62.6 Å². The summed E-state index contributed by atoms with van der Waals surface area (Å²) < 4.78 is 0. The molecule has 0 nitrogen and oxygen atoms in total.